The van der Waals surface area contributed by atoms with Gasteiger partial charge in [0.1, 0.15) is 5.82 Å². The lowest BCUT2D eigenvalue weighted by Crippen LogP contribution is -2.28. The second-order valence-electron chi connectivity index (χ2n) is 3.23. The lowest BCUT2D eigenvalue weighted by Gasteiger charge is -2.06. The molecule has 1 aromatic carbocycles. The van der Waals surface area contributed by atoms with E-state index >= 15 is 0 Å². The lowest BCUT2D eigenvalue weighted by molar-refractivity contribution is -0.190. The first-order chi connectivity index (χ1) is 8.38. The summed E-state index contributed by atoms with van der Waals surface area (Å²) in [5.74, 6) is -1.46. The van der Waals surface area contributed by atoms with Gasteiger partial charge in [0.25, 0.3) is 5.91 Å². The largest absolute Gasteiger partial charge is 0.414 e. The molecule has 0 saturated carbocycles. The summed E-state index contributed by atoms with van der Waals surface area (Å²) in [5.41, 5.74) is 1.70. The number of carbonyl (C=O) groups excluding carboxylic acids is 1. The minimum Gasteiger partial charge on any atom is -0.268 e. The Hall–Kier alpha value is -1.89. The Morgan fingerprint density at radius 2 is 2.00 bits per heavy atom. The molecule has 1 amide bonds. The number of amides is 1. The van der Waals surface area contributed by atoms with Crippen LogP contribution in [0.5, 0.6) is 0 Å². The first kappa shape index (κ1) is 14.2. The van der Waals surface area contributed by atoms with Crippen molar-refractivity contribution in [1.82, 2.24) is 5.48 Å². The van der Waals surface area contributed by atoms with Crippen LogP contribution in [0.4, 0.5) is 17.6 Å². The summed E-state index contributed by atoms with van der Waals surface area (Å²) in [6, 6.07) is 5.63. The zero-order chi connectivity index (χ0) is 13.6. The highest BCUT2D eigenvalue weighted by Crippen LogP contribution is 2.13. The Labute approximate surface area is 100 Å². The second-order valence-corrected chi connectivity index (χ2v) is 3.23. The third kappa shape index (κ3) is 5.44. The quantitative estimate of drug-likeness (QED) is 0.515. The third-order valence-electron chi connectivity index (χ3n) is 1.73. The Balaban J connectivity index is 2.43. The Morgan fingerprint density at radius 3 is 2.61 bits per heavy atom. The second kappa shape index (κ2) is 6.15. The molecule has 0 radical (unpaired) electrons. The molecule has 0 aliphatic carbocycles. The van der Waals surface area contributed by atoms with Gasteiger partial charge in [-0.25, -0.2) is 9.87 Å². The van der Waals surface area contributed by atoms with E-state index in [1.54, 1.807) is 11.5 Å². The van der Waals surface area contributed by atoms with E-state index in [-0.39, 0.29) is 5.56 Å². The molecule has 0 unspecified atom stereocenters. The first-order valence-electron chi connectivity index (χ1n) is 4.79. The molecule has 0 heterocycles. The smallest absolute Gasteiger partial charge is 0.268 e. The minimum atomic E-state index is -4.53. The molecule has 3 nitrogen and oxygen atoms in total. The molecule has 0 aliphatic rings. The summed E-state index contributed by atoms with van der Waals surface area (Å²) in [7, 11) is 0. The molecule has 98 valence electrons. The van der Waals surface area contributed by atoms with Crippen LogP contribution in [0.25, 0.3) is 6.08 Å². The predicted molar refractivity (Wildman–Crippen MR) is 55.6 cm³/mol. The van der Waals surface area contributed by atoms with Crippen LogP contribution in [0.2, 0.25) is 0 Å². The predicted octanol–water partition coefficient (Wildman–Crippen LogP) is 2.45. The number of halogens is 4. The zero-order valence-corrected chi connectivity index (χ0v) is 9.00. The number of nitrogens with one attached hydrogen (secondary N) is 1. The summed E-state index contributed by atoms with van der Waals surface area (Å²) < 4.78 is 48.1. The molecule has 0 saturated heterocycles. The van der Waals surface area contributed by atoms with Gasteiger partial charge in [0, 0.05) is 11.6 Å². The van der Waals surface area contributed by atoms with Gasteiger partial charge in [-0.2, -0.15) is 13.2 Å². The van der Waals surface area contributed by atoms with E-state index in [9.17, 15) is 22.4 Å². The van der Waals surface area contributed by atoms with Crippen molar-refractivity contribution >= 4 is 12.0 Å². The maximum absolute atomic E-state index is 13.1. The van der Waals surface area contributed by atoms with Crippen LogP contribution >= 0.6 is 0 Å². The van der Waals surface area contributed by atoms with E-state index in [1.165, 1.54) is 18.2 Å². The summed E-state index contributed by atoms with van der Waals surface area (Å²) >= 11 is 0. The van der Waals surface area contributed by atoms with Crippen LogP contribution in [0.3, 0.4) is 0 Å². The van der Waals surface area contributed by atoms with Gasteiger partial charge in [0.05, 0.1) is 0 Å². The number of benzene rings is 1. The van der Waals surface area contributed by atoms with Gasteiger partial charge in [-0.15, -0.1) is 0 Å². The molecule has 1 rings (SSSR count). The van der Waals surface area contributed by atoms with E-state index in [4.69, 9.17) is 0 Å². The van der Waals surface area contributed by atoms with E-state index < -0.39 is 24.5 Å². The van der Waals surface area contributed by atoms with E-state index in [0.717, 1.165) is 12.2 Å². The fourth-order valence-corrected chi connectivity index (χ4v) is 0.999. The monoisotopic (exact) mass is 263 g/mol. The van der Waals surface area contributed by atoms with Crippen molar-refractivity contribution in [2.24, 2.45) is 0 Å². The molecule has 0 atom stereocenters. The van der Waals surface area contributed by atoms with Crippen molar-refractivity contribution < 1.29 is 27.2 Å². The van der Waals surface area contributed by atoms with Crippen molar-refractivity contribution in [3.05, 3.63) is 41.7 Å². The zero-order valence-electron chi connectivity index (χ0n) is 9.00. The van der Waals surface area contributed by atoms with Gasteiger partial charge in [-0.1, -0.05) is 18.2 Å². The normalized spacial score (nSPS) is 11.8. The van der Waals surface area contributed by atoms with Gasteiger partial charge in [-0.05, 0) is 12.1 Å². The molecule has 1 aromatic rings. The maximum atomic E-state index is 13.1. The Bertz CT molecular complexity index is 443. The van der Waals surface area contributed by atoms with Crippen LogP contribution in [0.1, 0.15) is 5.56 Å². The molecule has 7 heteroatoms. The average molecular weight is 263 g/mol. The fourth-order valence-electron chi connectivity index (χ4n) is 0.999. The SMILES string of the molecule is O=C(/C=C/c1ccccc1F)NOCC(F)(F)F. The number of hydroxylamine groups is 1. The van der Waals surface area contributed by atoms with E-state index in [2.05, 4.69) is 4.84 Å². The van der Waals surface area contributed by atoms with Crippen molar-refractivity contribution in [1.29, 1.82) is 0 Å². The first-order valence-corrected chi connectivity index (χ1v) is 4.79. The molecular weight excluding hydrogens is 254 g/mol. The standard InChI is InChI=1S/C11H9F4NO2/c12-9-4-2-1-3-8(9)5-6-10(17)16-18-7-11(13,14)15/h1-6H,7H2,(H,16,17)/b6-5+. The summed E-state index contributed by atoms with van der Waals surface area (Å²) in [5, 5.41) is 0. The highest BCUT2D eigenvalue weighted by molar-refractivity contribution is 5.90. The van der Waals surface area contributed by atoms with Crippen molar-refractivity contribution in [3.63, 3.8) is 0 Å². The summed E-state index contributed by atoms with van der Waals surface area (Å²) in [6.07, 6.45) is -2.53. The highest BCUT2D eigenvalue weighted by atomic mass is 19.4. The molecule has 0 aliphatic heterocycles. The fraction of sp³-hybridized carbons (Fsp3) is 0.182. The molecule has 0 spiro atoms. The van der Waals surface area contributed by atoms with Gasteiger partial charge in [0.15, 0.2) is 6.61 Å². The molecule has 18 heavy (non-hydrogen) atoms. The number of carbonyl (C=O) groups is 1. The highest BCUT2D eigenvalue weighted by Gasteiger charge is 2.28. The number of hydrogen-bond acceptors (Lipinski definition) is 2. The maximum Gasteiger partial charge on any atom is 0.414 e. The summed E-state index contributed by atoms with van der Waals surface area (Å²) in [6.45, 7) is -1.59. The molecule has 1 N–H and O–H groups in total. The van der Waals surface area contributed by atoms with Crippen LogP contribution < -0.4 is 5.48 Å². The Kier molecular flexibility index (Phi) is 4.85. The van der Waals surface area contributed by atoms with Crippen LogP contribution in [-0.4, -0.2) is 18.7 Å². The molecule has 0 aromatic heterocycles. The van der Waals surface area contributed by atoms with E-state index in [1.807, 2.05) is 0 Å². The van der Waals surface area contributed by atoms with Gasteiger partial charge in [0.2, 0.25) is 0 Å². The van der Waals surface area contributed by atoms with Crippen molar-refractivity contribution in [2.45, 2.75) is 6.18 Å². The number of alkyl halides is 3. The molecular formula is C11H9F4NO2. The molecule has 0 fully saturated rings. The third-order valence-corrected chi connectivity index (χ3v) is 1.73. The van der Waals surface area contributed by atoms with Crippen LogP contribution in [0, 0.1) is 5.82 Å². The van der Waals surface area contributed by atoms with Crippen LogP contribution in [0.15, 0.2) is 30.3 Å². The average Bonchev–Trinajstić information content (AvgIpc) is 2.26. The lowest BCUT2D eigenvalue weighted by atomic mass is 10.2. The van der Waals surface area contributed by atoms with Gasteiger partial charge < -0.3 is 0 Å². The van der Waals surface area contributed by atoms with E-state index in [0.29, 0.717) is 0 Å². The van der Waals surface area contributed by atoms with Gasteiger partial charge in [-0.3, -0.25) is 9.63 Å². The number of rotatable bonds is 4. The van der Waals surface area contributed by atoms with Crippen molar-refractivity contribution in [2.75, 3.05) is 6.61 Å². The summed E-state index contributed by atoms with van der Waals surface area (Å²) in [4.78, 5) is 14.9. The van der Waals surface area contributed by atoms with Crippen molar-refractivity contribution in [3.8, 4) is 0 Å². The van der Waals surface area contributed by atoms with Crippen LogP contribution in [-0.2, 0) is 9.63 Å². The topological polar surface area (TPSA) is 38.3 Å². The minimum absolute atomic E-state index is 0.142. The van der Waals surface area contributed by atoms with Gasteiger partial charge >= 0.3 is 6.18 Å². The Morgan fingerprint density at radius 1 is 1.33 bits per heavy atom. The number of hydrogen-bond donors (Lipinski definition) is 1. The molecule has 0 bridgehead atoms.